The molecule has 4 aromatic rings. The van der Waals surface area contributed by atoms with Gasteiger partial charge in [-0.15, -0.1) is 0 Å². The van der Waals surface area contributed by atoms with E-state index < -0.39 is 0 Å². The van der Waals surface area contributed by atoms with Gasteiger partial charge in [0.2, 0.25) is 0 Å². The molecule has 0 bridgehead atoms. The SMILES string of the molecule is CC(=O)CCCCC(=O)c1cccc(NC(=O)c2c(C)nsc2Cc2cnc3ccccc3n2)c1. The van der Waals surface area contributed by atoms with Gasteiger partial charge in [0.05, 0.1) is 28.0 Å². The van der Waals surface area contributed by atoms with Crippen molar-refractivity contribution in [1.82, 2.24) is 14.3 Å². The normalized spacial score (nSPS) is 10.9. The second-order valence-electron chi connectivity index (χ2n) is 8.46. The van der Waals surface area contributed by atoms with Crippen LogP contribution in [0.3, 0.4) is 0 Å². The van der Waals surface area contributed by atoms with E-state index in [0.717, 1.165) is 21.6 Å². The van der Waals surface area contributed by atoms with Crippen LogP contribution < -0.4 is 5.32 Å². The number of rotatable bonds is 10. The maximum Gasteiger partial charge on any atom is 0.258 e. The molecule has 0 unspecified atom stereocenters. The van der Waals surface area contributed by atoms with Crippen molar-refractivity contribution in [3.8, 4) is 0 Å². The summed E-state index contributed by atoms with van der Waals surface area (Å²) in [5, 5.41) is 2.91. The maximum absolute atomic E-state index is 13.2. The quantitative estimate of drug-likeness (QED) is 0.232. The van der Waals surface area contributed by atoms with Crippen LogP contribution in [0.25, 0.3) is 11.0 Å². The summed E-state index contributed by atoms with van der Waals surface area (Å²) in [6.45, 7) is 3.36. The summed E-state index contributed by atoms with van der Waals surface area (Å²) in [7, 11) is 0. The Bertz CT molecular complexity index is 1400. The van der Waals surface area contributed by atoms with E-state index >= 15 is 0 Å². The molecular formula is C27H26N4O3S. The number of aryl methyl sites for hydroxylation is 1. The van der Waals surface area contributed by atoms with Gasteiger partial charge in [-0.2, -0.15) is 4.37 Å². The standard InChI is InChI=1S/C27H26N4O3S/c1-17(32)8-3-6-13-24(33)19-9-7-10-20(14-19)30-27(34)26-18(2)31-35-25(26)15-21-16-28-22-11-4-5-12-23(22)29-21/h4-5,7,9-12,14,16H,3,6,8,13,15H2,1-2H3,(H,30,34). The molecule has 0 saturated heterocycles. The highest BCUT2D eigenvalue weighted by molar-refractivity contribution is 7.06. The van der Waals surface area contributed by atoms with Crippen molar-refractivity contribution in [2.24, 2.45) is 0 Å². The lowest BCUT2D eigenvalue weighted by Crippen LogP contribution is -2.15. The van der Waals surface area contributed by atoms with Crippen LogP contribution >= 0.6 is 11.5 Å². The summed E-state index contributed by atoms with van der Waals surface area (Å²) in [5.74, 6) is -0.146. The minimum absolute atomic E-state index is 0.00593. The average Bonchev–Trinajstić information content (AvgIpc) is 3.21. The van der Waals surface area contributed by atoms with Crippen molar-refractivity contribution < 1.29 is 14.4 Å². The first kappa shape index (κ1) is 24.3. The number of nitrogens with zero attached hydrogens (tertiary/aromatic N) is 3. The number of unbranched alkanes of at least 4 members (excludes halogenated alkanes) is 1. The van der Waals surface area contributed by atoms with Crippen molar-refractivity contribution in [3.63, 3.8) is 0 Å². The monoisotopic (exact) mass is 486 g/mol. The number of anilines is 1. The number of Topliss-reactive ketones (excluding diaryl/α,β-unsaturated/α-hetero) is 2. The Morgan fingerprint density at radius 3 is 2.54 bits per heavy atom. The topological polar surface area (TPSA) is 102 Å². The second-order valence-corrected chi connectivity index (χ2v) is 9.32. The number of fused-ring (bicyclic) bond motifs is 1. The van der Waals surface area contributed by atoms with Crippen LogP contribution in [-0.2, 0) is 11.2 Å². The van der Waals surface area contributed by atoms with Crippen LogP contribution in [0.5, 0.6) is 0 Å². The molecule has 0 aliphatic rings. The van der Waals surface area contributed by atoms with Gasteiger partial charge in [0.15, 0.2) is 5.78 Å². The molecule has 2 aromatic carbocycles. The summed E-state index contributed by atoms with van der Waals surface area (Å²) in [6, 6.07) is 14.6. The molecular weight excluding hydrogens is 460 g/mol. The molecule has 2 heterocycles. The van der Waals surface area contributed by atoms with Gasteiger partial charge >= 0.3 is 0 Å². The van der Waals surface area contributed by atoms with E-state index in [1.807, 2.05) is 31.2 Å². The maximum atomic E-state index is 13.2. The summed E-state index contributed by atoms with van der Waals surface area (Å²) in [4.78, 5) is 46.7. The van der Waals surface area contributed by atoms with Crippen LogP contribution in [0.15, 0.2) is 54.7 Å². The van der Waals surface area contributed by atoms with Crippen LogP contribution in [0, 0.1) is 6.92 Å². The summed E-state index contributed by atoms with van der Waals surface area (Å²) < 4.78 is 4.39. The predicted octanol–water partition coefficient (Wildman–Crippen LogP) is 5.57. The molecule has 8 heteroatoms. The van der Waals surface area contributed by atoms with Crippen molar-refractivity contribution in [2.45, 2.75) is 46.0 Å². The van der Waals surface area contributed by atoms with Crippen LogP contribution in [-0.4, -0.2) is 31.8 Å². The lowest BCUT2D eigenvalue weighted by atomic mass is 10.0. The Kier molecular flexibility index (Phi) is 7.72. The number of aromatic nitrogens is 3. The number of ketones is 2. The van der Waals surface area contributed by atoms with E-state index in [0.29, 0.717) is 54.6 Å². The van der Waals surface area contributed by atoms with Gasteiger partial charge in [0.25, 0.3) is 5.91 Å². The first-order valence-electron chi connectivity index (χ1n) is 11.5. The zero-order valence-electron chi connectivity index (χ0n) is 19.7. The van der Waals surface area contributed by atoms with Crippen molar-refractivity contribution in [2.75, 3.05) is 5.32 Å². The number of carbonyl (C=O) groups is 3. The van der Waals surface area contributed by atoms with Gasteiger partial charge in [-0.1, -0.05) is 24.3 Å². The third kappa shape index (κ3) is 6.22. The number of nitrogens with one attached hydrogen (secondary N) is 1. The number of carbonyl (C=O) groups excluding carboxylic acids is 3. The van der Waals surface area contributed by atoms with Crippen molar-refractivity contribution >= 4 is 45.7 Å². The van der Waals surface area contributed by atoms with Gasteiger partial charge in [-0.25, -0.2) is 4.98 Å². The van der Waals surface area contributed by atoms with Gasteiger partial charge in [-0.3, -0.25) is 14.6 Å². The Morgan fingerprint density at radius 2 is 1.74 bits per heavy atom. The van der Waals surface area contributed by atoms with E-state index in [2.05, 4.69) is 19.7 Å². The largest absolute Gasteiger partial charge is 0.322 e. The molecule has 178 valence electrons. The second kappa shape index (κ2) is 11.1. The molecule has 7 nitrogen and oxygen atoms in total. The summed E-state index contributed by atoms with van der Waals surface area (Å²) >= 11 is 1.28. The first-order valence-corrected chi connectivity index (χ1v) is 12.3. The highest BCUT2D eigenvalue weighted by atomic mass is 32.1. The third-order valence-corrected chi connectivity index (χ3v) is 6.56. The molecule has 0 fully saturated rings. The smallest absolute Gasteiger partial charge is 0.258 e. The molecule has 0 aliphatic heterocycles. The molecule has 0 spiro atoms. The molecule has 0 atom stereocenters. The fourth-order valence-electron chi connectivity index (χ4n) is 3.84. The molecule has 2 aromatic heterocycles. The summed E-state index contributed by atoms with van der Waals surface area (Å²) in [5.41, 5.74) is 4.64. The molecule has 4 rings (SSSR count). The number of hydrogen-bond donors (Lipinski definition) is 1. The zero-order valence-corrected chi connectivity index (χ0v) is 20.5. The van der Waals surface area contributed by atoms with E-state index in [1.165, 1.54) is 11.5 Å². The van der Waals surface area contributed by atoms with E-state index in [4.69, 9.17) is 0 Å². The van der Waals surface area contributed by atoms with Gasteiger partial charge in [0.1, 0.15) is 5.78 Å². The third-order valence-electron chi connectivity index (χ3n) is 5.63. The Hall–Kier alpha value is -3.78. The van der Waals surface area contributed by atoms with E-state index in [9.17, 15) is 14.4 Å². The Balaban J connectivity index is 1.46. The fourth-order valence-corrected chi connectivity index (χ4v) is 4.72. The first-order chi connectivity index (χ1) is 16.9. The van der Waals surface area contributed by atoms with Crippen molar-refractivity contribution in [3.05, 3.63) is 82.1 Å². The van der Waals surface area contributed by atoms with Gasteiger partial charge < -0.3 is 10.1 Å². The Labute approximate surface area is 207 Å². The number of para-hydroxylation sites is 2. The number of amides is 1. The number of hydrogen-bond acceptors (Lipinski definition) is 7. The molecule has 35 heavy (non-hydrogen) atoms. The minimum atomic E-state index is -0.272. The van der Waals surface area contributed by atoms with Crippen LogP contribution in [0.2, 0.25) is 0 Å². The predicted molar refractivity (Wildman–Crippen MR) is 137 cm³/mol. The molecule has 0 saturated carbocycles. The number of benzene rings is 2. The molecule has 1 N–H and O–H groups in total. The lowest BCUT2D eigenvalue weighted by Gasteiger charge is -2.09. The highest BCUT2D eigenvalue weighted by Crippen LogP contribution is 2.24. The minimum Gasteiger partial charge on any atom is -0.322 e. The summed E-state index contributed by atoms with van der Waals surface area (Å²) in [6.07, 6.45) is 4.40. The van der Waals surface area contributed by atoms with E-state index in [-0.39, 0.29) is 17.5 Å². The fraction of sp³-hybridized carbons (Fsp3) is 0.259. The zero-order chi connectivity index (χ0) is 24.8. The lowest BCUT2D eigenvalue weighted by molar-refractivity contribution is -0.117. The average molecular weight is 487 g/mol. The van der Waals surface area contributed by atoms with Crippen molar-refractivity contribution in [1.29, 1.82) is 0 Å². The van der Waals surface area contributed by atoms with Crippen LogP contribution in [0.1, 0.15) is 69.6 Å². The van der Waals surface area contributed by atoms with Gasteiger partial charge in [0, 0.05) is 41.6 Å². The van der Waals surface area contributed by atoms with Gasteiger partial charge in [-0.05, 0) is 62.5 Å². The molecule has 1 amide bonds. The Morgan fingerprint density at radius 1 is 0.971 bits per heavy atom. The highest BCUT2D eigenvalue weighted by Gasteiger charge is 2.20. The molecule has 0 radical (unpaired) electrons. The van der Waals surface area contributed by atoms with Crippen LogP contribution in [0.4, 0.5) is 5.69 Å². The molecule has 0 aliphatic carbocycles. The van der Waals surface area contributed by atoms with E-state index in [1.54, 1.807) is 37.4 Å².